The third-order valence-corrected chi connectivity index (χ3v) is 20.4. The Balaban J connectivity index is 0.000000224. The molecule has 0 radical (unpaired) electrons. The predicted octanol–water partition coefficient (Wildman–Crippen LogP) is 29.6. The van der Waals surface area contributed by atoms with E-state index in [1.807, 2.05) is 291 Å². The summed E-state index contributed by atoms with van der Waals surface area (Å²) in [5, 5.41) is 76.6. The van der Waals surface area contributed by atoms with Crippen LogP contribution < -0.4 is 0 Å². The monoisotopic (exact) mass is 2780 g/mol. The Bertz CT molecular complexity index is 6950. The predicted molar refractivity (Wildman–Crippen MR) is 557 cm³/mol. The summed E-state index contributed by atoms with van der Waals surface area (Å²) < 4.78 is 43.8. The Labute approximate surface area is 918 Å². The fourth-order valence-corrected chi connectivity index (χ4v) is 13.3. The van der Waals surface area contributed by atoms with Crippen LogP contribution in [0.5, 0.6) is 46.0 Å². The molecule has 0 spiro atoms. The number of aryl methyl sites for hydroxylation is 4. The number of hydrogen-bond donors (Lipinski definition) is 8. The van der Waals surface area contributed by atoms with E-state index < -0.39 is 13.7 Å². The van der Waals surface area contributed by atoms with Crippen LogP contribution in [0.4, 0.5) is 0 Å². The van der Waals surface area contributed by atoms with Crippen LogP contribution in [0, 0.1) is 70.0 Å². The molecule has 21 aromatic rings. The van der Waals surface area contributed by atoms with Gasteiger partial charge in [0, 0.05) is 136 Å². The second-order valence-corrected chi connectivity index (χ2v) is 30.1. The third kappa shape index (κ3) is 36.9. The van der Waals surface area contributed by atoms with Crippen molar-refractivity contribution in [3.8, 4) is 169 Å². The zero-order valence-electron chi connectivity index (χ0n) is 83.1. The zero-order valence-corrected chi connectivity index (χ0v) is 88.4. The molecule has 0 aliphatic carbocycles. The van der Waals surface area contributed by atoms with E-state index in [4.69, 9.17) is 8.22 Å². The number of nitrogens with zero attached hydrogens (tertiary/aromatic N) is 5. The maximum absolute atomic E-state index is 9.58. The molecule has 0 atom stereocenters. The molecule has 16 aromatic carbocycles. The summed E-state index contributed by atoms with van der Waals surface area (Å²) in [5.41, 5.74) is 21.5. The number of para-hydroxylation sites is 8. The van der Waals surface area contributed by atoms with Crippen molar-refractivity contribution in [1.82, 2.24) is 24.9 Å². The van der Waals surface area contributed by atoms with Gasteiger partial charge in [-0.25, -0.2) is 0 Å². The minimum absolute atomic E-state index is 0. The van der Waals surface area contributed by atoms with Crippen LogP contribution in [0.15, 0.2) is 486 Å². The van der Waals surface area contributed by atoms with E-state index in [9.17, 15) is 40.9 Å². The molecule has 0 saturated carbocycles. The standard InChI is InChI=1S/C17H12N.C13H12N.2C12H10N.3C12H10O2.2C12H9O.C11H8N.5Pt/c1-3-7-14(8-4-1)16-11-12-18-17(13-16)15-9-5-2-6-10-15;1-10-8-13(14-9-11(10)2)12-6-4-3-5-7-12;1-10-5-7-11(8-6-10)12-4-2-3-9-13-12;1-10-7-8-12(13-9-10)11-5-3-2-4-6-11;3*13-11-7-3-1-5-9(11)10-6-2-4-8-12(10)14;2*13-12-9-5-4-8-11(12)10-6-2-1-3-7-10;1-2-6-10(7-3-1)11-8-4-5-9-12-11;;;;;/h1-9,11-13H;3-6,8-9H,1-2H3;2-7,9H,1H3;2-5,7-9H,1H3;3*1-8,13-14H;2*1-6,8-9,13H;1-6,8-9H;;;;;/q4*-1;;;;3*-1;;;;2*+2/i;2D3;;1D3;;;;;;;;;;;. The summed E-state index contributed by atoms with van der Waals surface area (Å²) in [7, 11) is 0. The van der Waals surface area contributed by atoms with E-state index in [2.05, 4.69) is 98.6 Å². The molecular weight excluding hydrogens is 2670 g/mol. The number of phenolic OH excluding ortho intramolecular Hbond substituents is 8. The number of phenols is 8. The number of benzene rings is 16. The summed E-state index contributed by atoms with van der Waals surface area (Å²) in [6.07, 6.45) is 8.25. The molecule has 5 aromatic heterocycles. The average Bonchev–Trinajstić information content (AvgIpc) is 0.808. The van der Waals surface area contributed by atoms with Gasteiger partial charge in [0.05, 0.1) is 11.5 Å². The van der Waals surface area contributed by atoms with Crippen molar-refractivity contribution in [3.05, 3.63) is 551 Å². The SMILES string of the molecule is Cc1c[c-]c(-c2ccccn2)cc1.Oc1ccccc1-c1[c-]cccc1.Oc1ccccc1-c1[c-]cccc1.Oc1ccccc1-c1ccccc1O.Oc1ccccc1-c1ccccc1O.Oc1ccccc1-c1ccccc1O.[2H]C([2H])([2H])c1ccc(-c2[c-]cccc2)nc1.[2H]C([2H])([2H])c1cnc(-c2[c-]cccc2)cc1C.[Pt+2].[Pt+2].[Pt].[Pt].[Pt].[c-]1ccccc1-c1cc(-c2ccccc2)ccn1.[c-]1ccccc1-c1ccccn1. The molecule has 0 unspecified atom stereocenters. The average molecular weight is 2780 g/mol. The van der Waals surface area contributed by atoms with Gasteiger partial charge in [0.25, 0.3) is 0 Å². The van der Waals surface area contributed by atoms with Crippen molar-refractivity contribution in [1.29, 1.82) is 0 Å². The number of hydrogen-bond acceptors (Lipinski definition) is 13. The van der Waals surface area contributed by atoms with Crippen LogP contribution in [-0.2, 0) is 105 Å². The molecule has 0 fully saturated rings. The van der Waals surface area contributed by atoms with E-state index in [1.165, 1.54) is 29.1 Å². The van der Waals surface area contributed by atoms with Crippen LogP contribution in [0.1, 0.15) is 30.5 Å². The molecule has 726 valence electrons. The van der Waals surface area contributed by atoms with Gasteiger partial charge in [0.1, 0.15) is 34.5 Å². The Hall–Kier alpha value is -14.9. The van der Waals surface area contributed by atoms with Crippen LogP contribution in [0.2, 0.25) is 0 Å². The second kappa shape index (κ2) is 63.0. The van der Waals surface area contributed by atoms with Crippen molar-refractivity contribution in [3.63, 3.8) is 0 Å². The van der Waals surface area contributed by atoms with Crippen molar-refractivity contribution in [2.75, 3.05) is 0 Å². The van der Waals surface area contributed by atoms with Gasteiger partial charge in [-0.15, -0.1) is 251 Å². The largest absolute Gasteiger partial charge is 2.00 e. The first-order valence-electron chi connectivity index (χ1n) is 46.8. The Morgan fingerprint density at radius 3 is 0.769 bits per heavy atom. The van der Waals surface area contributed by atoms with Gasteiger partial charge in [0.2, 0.25) is 0 Å². The topological polar surface area (TPSA) is 226 Å². The first kappa shape index (κ1) is 105. The summed E-state index contributed by atoms with van der Waals surface area (Å²) in [4.78, 5) is 21.2. The maximum atomic E-state index is 9.58. The Morgan fingerprint density at radius 2 is 0.483 bits per heavy atom. The fourth-order valence-electron chi connectivity index (χ4n) is 13.3. The molecule has 13 nitrogen and oxygen atoms in total. The Morgan fingerprint density at radius 1 is 0.203 bits per heavy atom. The van der Waals surface area contributed by atoms with Crippen LogP contribution in [-0.4, -0.2) is 65.8 Å². The quantitative estimate of drug-likeness (QED) is 0.0565. The molecule has 21 rings (SSSR count). The minimum Gasteiger partial charge on any atom is -0.517 e. The molecule has 18 heteroatoms. The summed E-state index contributed by atoms with van der Waals surface area (Å²) >= 11 is 0. The Kier molecular flexibility index (Phi) is 46.5. The molecule has 8 N–H and O–H groups in total. The number of aromatic nitrogens is 5. The van der Waals surface area contributed by atoms with Crippen LogP contribution in [0.25, 0.3) is 123 Å². The summed E-state index contributed by atoms with van der Waals surface area (Å²) in [6, 6.07) is 161. The van der Waals surface area contributed by atoms with Gasteiger partial charge in [-0.3, -0.25) is 0 Å². The number of aromatic hydroxyl groups is 8. The van der Waals surface area contributed by atoms with Crippen LogP contribution in [0.3, 0.4) is 0 Å². The molecular formula is C125H100N5O8Pt5-3. The third-order valence-electron chi connectivity index (χ3n) is 20.4. The van der Waals surface area contributed by atoms with Gasteiger partial charge in [0.15, 0.2) is 0 Å². The molecule has 0 bridgehead atoms. The fraction of sp³-hybridized carbons (Fsp3) is 0.0320. The first-order valence-corrected chi connectivity index (χ1v) is 43.8. The van der Waals surface area contributed by atoms with Gasteiger partial charge in [-0.2, -0.15) is 0 Å². The normalized spacial score (nSPS) is 10.4. The van der Waals surface area contributed by atoms with Crippen molar-refractivity contribution in [2.45, 2.75) is 27.6 Å². The molecule has 0 aliphatic rings. The summed E-state index contributed by atoms with van der Waals surface area (Å²) in [5.74, 6) is 1.64. The van der Waals surface area contributed by atoms with E-state index in [0.29, 0.717) is 50.4 Å². The van der Waals surface area contributed by atoms with E-state index in [-0.39, 0.29) is 145 Å². The zero-order chi connectivity index (χ0) is 102. The number of rotatable bonds is 11. The summed E-state index contributed by atoms with van der Waals surface area (Å²) in [6.45, 7) is -0.351. The van der Waals surface area contributed by atoms with E-state index >= 15 is 0 Å². The molecule has 143 heavy (non-hydrogen) atoms. The van der Waals surface area contributed by atoms with Gasteiger partial charge in [-0.05, 0) is 138 Å². The van der Waals surface area contributed by atoms with Crippen molar-refractivity contribution in [2.24, 2.45) is 0 Å². The van der Waals surface area contributed by atoms with E-state index in [0.717, 1.165) is 84.1 Å². The van der Waals surface area contributed by atoms with Gasteiger partial charge in [-0.1, -0.05) is 248 Å². The molecule has 0 amide bonds. The van der Waals surface area contributed by atoms with E-state index in [1.54, 1.807) is 165 Å². The first-order chi connectivity index (χ1) is 69.9. The minimum atomic E-state index is -2.10. The molecule has 5 heterocycles. The molecule has 0 saturated heterocycles. The second-order valence-electron chi connectivity index (χ2n) is 30.1. The van der Waals surface area contributed by atoms with Crippen molar-refractivity contribution < 1.29 is 154 Å². The van der Waals surface area contributed by atoms with Gasteiger partial charge < -0.3 is 65.8 Å². The molecule has 0 aliphatic heterocycles. The van der Waals surface area contributed by atoms with Gasteiger partial charge >= 0.3 is 42.1 Å². The maximum Gasteiger partial charge on any atom is 2.00 e. The smallest absolute Gasteiger partial charge is 0.517 e. The van der Waals surface area contributed by atoms with Crippen LogP contribution >= 0.6 is 0 Å². The van der Waals surface area contributed by atoms with Crippen molar-refractivity contribution >= 4 is 0 Å². The number of pyridine rings is 5.